The van der Waals surface area contributed by atoms with Crippen LogP contribution in [0.3, 0.4) is 0 Å². The monoisotopic (exact) mass is 562 g/mol. The van der Waals surface area contributed by atoms with Crippen molar-refractivity contribution in [3.8, 4) is 17.2 Å². The van der Waals surface area contributed by atoms with E-state index in [-0.39, 0.29) is 26.9 Å². The minimum atomic E-state index is -4.26. The van der Waals surface area contributed by atoms with Gasteiger partial charge in [0.15, 0.2) is 0 Å². The summed E-state index contributed by atoms with van der Waals surface area (Å²) in [6.07, 6.45) is 3.49. The molecule has 0 atom stereocenters. The first-order chi connectivity index (χ1) is 18.2. The van der Waals surface area contributed by atoms with Gasteiger partial charge in [-0.25, -0.2) is 16.8 Å². The van der Waals surface area contributed by atoms with E-state index in [4.69, 9.17) is 14.2 Å². The second kappa shape index (κ2) is 13.4. The minimum absolute atomic E-state index is 0.0101. The molecule has 38 heavy (non-hydrogen) atoms. The van der Waals surface area contributed by atoms with Crippen LogP contribution in [-0.2, 0) is 20.0 Å². The maximum absolute atomic E-state index is 13.4. The van der Waals surface area contributed by atoms with E-state index in [1.807, 2.05) is 13.8 Å². The molecule has 0 amide bonds. The van der Waals surface area contributed by atoms with E-state index in [2.05, 4.69) is 9.44 Å². The number of hydrogen-bond donors (Lipinski definition) is 2. The summed E-state index contributed by atoms with van der Waals surface area (Å²) in [6, 6.07) is 17.0. The standard InChI is InChI=1S/C27H34N2O7S2/c1-4-6-18-35-24-14-10-8-12-22(24)28-37(30,31)21-16-17-26(34-3)27(20-21)38(32,33)29-23-13-9-11-15-25(23)36-19-7-5-2/h8-17,20,28-29H,4-7,18-19H2,1-3H3. The Morgan fingerprint density at radius 3 is 1.66 bits per heavy atom. The van der Waals surface area contributed by atoms with Crippen LogP contribution in [0.15, 0.2) is 76.5 Å². The largest absolute Gasteiger partial charge is 0.495 e. The number of nitrogens with one attached hydrogen (secondary N) is 2. The number of hydrogen-bond acceptors (Lipinski definition) is 7. The van der Waals surface area contributed by atoms with Crippen molar-refractivity contribution in [2.45, 2.75) is 49.3 Å². The maximum Gasteiger partial charge on any atom is 0.265 e. The Kier molecular flexibility index (Phi) is 10.3. The van der Waals surface area contributed by atoms with Gasteiger partial charge >= 0.3 is 0 Å². The zero-order valence-corrected chi connectivity index (χ0v) is 23.4. The van der Waals surface area contributed by atoms with Crippen molar-refractivity contribution in [1.82, 2.24) is 0 Å². The molecule has 0 heterocycles. The minimum Gasteiger partial charge on any atom is -0.495 e. The molecule has 0 saturated heterocycles. The normalized spacial score (nSPS) is 11.6. The van der Waals surface area contributed by atoms with Crippen molar-refractivity contribution < 1.29 is 31.0 Å². The van der Waals surface area contributed by atoms with Gasteiger partial charge in [-0.1, -0.05) is 51.0 Å². The molecule has 9 nitrogen and oxygen atoms in total. The molecule has 2 N–H and O–H groups in total. The lowest BCUT2D eigenvalue weighted by Crippen LogP contribution is -2.18. The van der Waals surface area contributed by atoms with Crippen LogP contribution >= 0.6 is 0 Å². The molecule has 0 radical (unpaired) electrons. The fourth-order valence-electron chi connectivity index (χ4n) is 3.44. The molecular formula is C27H34N2O7S2. The first kappa shape index (κ1) is 29.1. The van der Waals surface area contributed by atoms with Crippen molar-refractivity contribution in [3.63, 3.8) is 0 Å². The predicted octanol–water partition coefficient (Wildman–Crippen LogP) is 5.65. The molecule has 0 saturated carbocycles. The first-order valence-electron chi connectivity index (χ1n) is 12.4. The fraction of sp³-hybridized carbons (Fsp3) is 0.333. The predicted molar refractivity (Wildman–Crippen MR) is 148 cm³/mol. The SMILES string of the molecule is CCCCOc1ccccc1NS(=O)(=O)c1ccc(OC)c(S(=O)(=O)Nc2ccccc2OCCCC)c1. The third-order valence-corrected chi connectivity index (χ3v) is 8.26. The lowest BCUT2D eigenvalue weighted by molar-refractivity contribution is 0.311. The summed E-state index contributed by atoms with van der Waals surface area (Å²) in [6.45, 7) is 4.93. The molecule has 0 aromatic heterocycles. The number of anilines is 2. The second-order valence-electron chi connectivity index (χ2n) is 8.42. The Morgan fingerprint density at radius 1 is 0.658 bits per heavy atom. The second-order valence-corrected chi connectivity index (χ2v) is 11.8. The molecule has 0 fully saturated rings. The molecule has 0 aliphatic rings. The summed E-state index contributed by atoms with van der Waals surface area (Å²) in [5, 5.41) is 0. The molecule has 0 bridgehead atoms. The number of sulfonamides is 2. The highest BCUT2D eigenvalue weighted by Gasteiger charge is 2.26. The quantitative estimate of drug-likeness (QED) is 0.230. The topological polar surface area (TPSA) is 120 Å². The summed E-state index contributed by atoms with van der Waals surface area (Å²) in [4.78, 5) is -0.590. The number of unbranched alkanes of at least 4 members (excludes halogenated alkanes) is 2. The lowest BCUT2D eigenvalue weighted by Gasteiger charge is -2.17. The van der Waals surface area contributed by atoms with E-state index in [0.717, 1.165) is 31.7 Å². The molecule has 3 rings (SSSR count). The average Bonchev–Trinajstić information content (AvgIpc) is 2.90. The van der Waals surface area contributed by atoms with Crippen LogP contribution in [0.2, 0.25) is 0 Å². The van der Waals surface area contributed by atoms with Gasteiger partial charge in [0.25, 0.3) is 20.0 Å². The number of ether oxygens (including phenoxy) is 3. The Labute approximate surface area is 225 Å². The van der Waals surface area contributed by atoms with E-state index >= 15 is 0 Å². The highest BCUT2D eigenvalue weighted by atomic mass is 32.2. The average molecular weight is 563 g/mol. The van der Waals surface area contributed by atoms with Crippen LogP contribution in [0, 0.1) is 0 Å². The fourth-order valence-corrected chi connectivity index (χ4v) is 5.88. The maximum atomic E-state index is 13.4. The number of rotatable bonds is 15. The van der Waals surface area contributed by atoms with Crippen LogP contribution in [-0.4, -0.2) is 37.2 Å². The van der Waals surface area contributed by atoms with E-state index in [1.54, 1.807) is 48.5 Å². The summed E-state index contributed by atoms with van der Waals surface area (Å²) >= 11 is 0. The van der Waals surface area contributed by atoms with Crippen molar-refractivity contribution in [2.75, 3.05) is 29.8 Å². The molecular weight excluding hydrogens is 528 g/mol. The third-order valence-electron chi connectivity index (χ3n) is 5.51. The van der Waals surface area contributed by atoms with Crippen molar-refractivity contribution >= 4 is 31.4 Å². The van der Waals surface area contributed by atoms with Crippen molar-refractivity contribution in [3.05, 3.63) is 66.7 Å². The number of methoxy groups -OCH3 is 1. The molecule has 0 unspecified atom stereocenters. The number of benzene rings is 3. The highest BCUT2D eigenvalue weighted by molar-refractivity contribution is 7.93. The van der Waals surface area contributed by atoms with Gasteiger partial charge in [-0.2, -0.15) is 0 Å². The van der Waals surface area contributed by atoms with Crippen LogP contribution in [0.5, 0.6) is 17.2 Å². The van der Waals surface area contributed by atoms with Crippen molar-refractivity contribution in [2.24, 2.45) is 0 Å². The van der Waals surface area contributed by atoms with E-state index in [1.165, 1.54) is 19.2 Å². The first-order valence-corrected chi connectivity index (χ1v) is 15.4. The molecule has 3 aromatic rings. The number of para-hydroxylation sites is 4. The smallest absolute Gasteiger partial charge is 0.265 e. The summed E-state index contributed by atoms with van der Waals surface area (Å²) < 4.78 is 75.1. The molecule has 206 valence electrons. The van der Waals surface area contributed by atoms with Gasteiger partial charge in [-0.3, -0.25) is 9.44 Å². The van der Waals surface area contributed by atoms with Crippen LogP contribution in [0.25, 0.3) is 0 Å². The van der Waals surface area contributed by atoms with Gasteiger partial charge in [-0.05, 0) is 55.3 Å². The zero-order chi connectivity index (χ0) is 27.6. The van der Waals surface area contributed by atoms with Crippen LogP contribution < -0.4 is 23.7 Å². The highest BCUT2D eigenvalue weighted by Crippen LogP contribution is 2.33. The van der Waals surface area contributed by atoms with Gasteiger partial charge in [0.05, 0.1) is 36.6 Å². The lowest BCUT2D eigenvalue weighted by atomic mass is 10.3. The summed E-state index contributed by atoms with van der Waals surface area (Å²) in [5.41, 5.74) is 0.482. The van der Waals surface area contributed by atoms with Gasteiger partial charge in [0.2, 0.25) is 0 Å². The summed E-state index contributed by atoms with van der Waals surface area (Å²) in [5.74, 6) is 0.741. The van der Waals surface area contributed by atoms with Gasteiger partial charge in [0, 0.05) is 0 Å². The molecule has 0 spiro atoms. The Balaban J connectivity index is 1.92. The van der Waals surface area contributed by atoms with Crippen LogP contribution in [0.4, 0.5) is 11.4 Å². The van der Waals surface area contributed by atoms with Crippen molar-refractivity contribution in [1.29, 1.82) is 0 Å². The van der Waals surface area contributed by atoms with Gasteiger partial charge < -0.3 is 14.2 Å². The van der Waals surface area contributed by atoms with E-state index in [9.17, 15) is 16.8 Å². The third kappa shape index (κ3) is 7.55. The Morgan fingerprint density at radius 2 is 1.16 bits per heavy atom. The Hall–Kier alpha value is -3.44. The molecule has 3 aromatic carbocycles. The van der Waals surface area contributed by atoms with E-state index in [0.29, 0.717) is 24.7 Å². The van der Waals surface area contributed by atoms with Crippen LogP contribution in [0.1, 0.15) is 39.5 Å². The molecule has 0 aliphatic carbocycles. The summed E-state index contributed by atoms with van der Waals surface area (Å²) in [7, 11) is -7.12. The van der Waals surface area contributed by atoms with Gasteiger partial charge in [-0.15, -0.1) is 0 Å². The van der Waals surface area contributed by atoms with Gasteiger partial charge in [0.1, 0.15) is 22.1 Å². The van der Waals surface area contributed by atoms with E-state index < -0.39 is 20.0 Å². The Bertz CT molecular complexity index is 1420. The zero-order valence-electron chi connectivity index (χ0n) is 21.8. The molecule has 0 aliphatic heterocycles. The molecule has 11 heteroatoms.